The number of hydrogen-bond donors (Lipinski definition) is 2. The van der Waals surface area contributed by atoms with Crippen LogP contribution in [0.25, 0.3) is 0 Å². The maximum absolute atomic E-state index is 12.1. The van der Waals surface area contributed by atoms with Crippen LogP contribution in [0.15, 0.2) is 47.4 Å². The summed E-state index contributed by atoms with van der Waals surface area (Å²) in [6, 6.07) is 11.4. The molecule has 1 amide bonds. The van der Waals surface area contributed by atoms with E-state index in [9.17, 15) is 13.2 Å². The van der Waals surface area contributed by atoms with Crippen LogP contribution >= 0.6 is 0 Å². The van der Waals surface area contributed by atoms with E-state index >= 15 is 0 Å². The number of nitrogens with zero attached hydrogens (tertiary/aromatic N) is 1. The second-order valence-electron chi connectivity index (χ2n) is 6.29. The van der Waals surface area contributed by atoms with E-state index in [1.807, 2.05) is 30.1 Å². The highest BCUT2D eigenvalue weighted by Gasteiger charge is 2.10. The second-order valence-corrected chi connectivity index (χ2v) is 7.86. The van der Waals surface area contributed by atoms with Gasteiger partial charge in [0, 0.05) is 25.2 Å². The van der Waals surface area contributed by atoms with E-state index in [1.165, 1.54) is 24.3 Å². The fourth-order valence-electron chi connectivity index (χ4n) is 2.61. The molecule has 0 aliphatic carbocycles. The summed E-state index contributed by atoms with van der Waals surface area (Å²) in [5.41, 5.74) is 1.55. The van der Waals surface area contributed by atoms with Crippen LogP contribution in [0, 0.1) is 0 Å². The lowest BCUT2D eigenvalue weighted by Gasteiger charge is -2.17. The fraction of sp³-hybridized carbons (Fsp3) is 0.316. The van der Waals surface area contributed by atoms with Crippen LogP contribution in [-0.2, 0) is 21.4 Å². The van der Waals surface area contributed by atoms with E-state index in [4.69, 9.17) is 14.6 Å². The average molecular weight is 407 g/mol. The Morgan fingerprint density at radius 3 is 2.29 bits per heavy atom. The molecule has 9 heteroatoms. The molecule has 0 bridgehead atoms. The summed E-state index contributed by atoms with van der Waals surface area (Å²) in [4.78, 5) is 14.1. The van der Waals surface area contributed by atoms with E-state index < -0.39 is 10.0 Å². The predicted octanol–water partition coefficient (Wildman–Crippen LogP) is 1.81. The zero-order chi connectivity index (χ0) is 20.7. The molecule has 3 N–H and O–H groups in total. The Labute approximate surface area is 165 Å². The summed E-state index contributed by atoms with van der Waals surface area (Å²) in [6.45, 7) is 1.20. The maximum atomic E-state index is 12.1. The minimum Gasteiger partial charge on any atom is -0.493 e. The molecule has 0 unspecified atom stereocenters. The first-order valence-corrected chi connectivity index (χ1v) is 10.1. The summed E-state index contributed by atoms with van der Waals surface area (Å²) in [5, 5.41) is 7.79. The third-order valence-corrected chi connectivity index (χ3v) is 5.02. The Morgan fingerprint density at radius 1 is 1.07 bits per heavy atom. The lowest BCUT2D eigenvalue weighted by molar-refractivity contribution is -0.116. The number of anilines is 1. The quantitative estimate of drug-likeness (QED) is 0.656. The second kappa shape index (κ2) is 9.54. The van der Waals surface area contributed by atoms with Crippen LogP contribution in [0.1, 0.15) is 12.0 Å². The number of amides is 1. The minimum atomic E-state index is -3.75. The molecule has 2 aromatic rings. The standard InChI is InChI=1S/C19H25N3O5S/c1-22(13-14-4-9-17(26-2)18(12-14)27-3)11-10-19(23)21-15-5-7-16(8-6-15)28(20,24)25/h4-9,12H,10-11,13H2,1-3H3,(H,21,23)(H2,20,24,25). The summed E-state index contributed by atoms with van der Waals surface area (Å²) < 4.78 is 33.0. The van der Waals surface area contributed by atoms with Gasteiger partial charge in [-0.2, -0.15) is 0 Å². The number of hydrogen-bond acceptors (Lipinski definition) is 6. The molecule has 0 aromatic heterocycles. The molecule has 0 aliphatic heterocycles. The molecule has 152 valence electrons. The number of ether oxygens (including phenoxy) is 2. The Bertz CT molecular complexity index is 914. The van der Waals surface area contributed by atoms with Gasteiger partial charge in [0.25, 0.3) is 0 Å². The first kappa shape index (κ1) is 21.7. The van der Waals surface area contributed by atoms with Crippen molar-refractivity contribution in [2.75, 3.05) is 33.1 Å². The number of carbonyl (C=O) groups is 1. The molecular weight excluding hydrogens is 382 g/mol. The number of rotatable bonds is 9. The largest absolute Gasteiger partial charge is 0.493 e. The van der Waals surface area contributed by atoms with Gasteiger partial charge in [-0.05, 0) is 49.0 Å². The smallest absolute Gasteiger partial charge is 0.238 e. The van der Waals surface area contributed by atoms with Crippen LogP contribution in [0.5, 0.6) is 11.5 Å². The van der Waals surface area contributed by atoms with Crippen molar-refractivity contribution in [2.24, 2.45) is 5.14 Å². The Balaban J connectivity index is 1.85. The van der Waals surface area contributed by atoms with E-state index in [1.54, 1.807) is 14.2 Å². The van der Waals surface area contributed by atoms with Gasteiger partial charge in [0.15, 0.2) is 11.5 Å². The highest BCUT2D eigenvalue weighted by atomic mass is 32.2. The van der Waals surface area contributed by atoms with Crippen LogP contribution in [0.3, 0.4) is 0 Å². The zero-order valence-electron chi connectivity index (χ0n) is 16.1. The van der Waals surface area contributed by atoms with Crippen molar-refractivity contribution in [2.45, 2.75) is 17.9 Å². The zero-order valence-corrected chi connectivity index (χ0v) is 17.0. The maximum Gasteiger partial charge on any atom is 0.238 e. The number of benzene rings is 2. The van der Waals surface area contributed by atoms with Crippen LogP contribution in [0.2, 0.25) is 0 Å². The predicted molar refractivity (Wildman–Crippen MR) is 107 cm³/mol. The molecule has 0 radical (unpaired) electrons. The third-order valence-electron chi connectivity index (χ3n) is 4.09. The normalized spacial score (nSPS) is 11.3. The van der Waals surface area contributed by atoms with Crippen molar-refractivity contribution >= 4 is 21.6 Å². The molecule has 0 spiro atoms. The number of primary sulfonamides is 1. The van der Waals surface area contributed by atoms with E-state index in [2.05, 4.69) is 5.32 Å². The lowest BCUT2D eigenvalue weighted by Crippen LogP contribution is -2.24. The number of carbonyl (C=O) groups excluding carboxylic acids is 1. The summed E-state index contributed by atoms with van der Waals surface area (Å²) in [6.07, 6.45) is 0.292. The third kappa shape index (κ3) is 6.22. The van der Waals surface area contributed by atoms with Gasteiger partial charge >= 0.3 is 0 Å². The summed E-state index contributed by atoms with van der Waals surface area (Å²) in [7, 11) is 1.35. The molecule has 0 aliphatic rings. The lowest BCUT2D eigenvalue weighted by atomic mass is 10.2. The first-order valence-electron chi connectivity index (χ1n) is 8.55. The monoisotopic (exact) mass is 407 g/mol. The van der Waals surface area contributed by atoms with Gasteiger partial charge in [0.05, 0.1) is 19.1 Å². The number of sulfonamides is 1. The summed E-state index contributed by atoms with van der Waals surface area (Å²) in [5.74, 6) is 1.17. The van der Waals surface area contributed by atoms with Gasteiger partial charge in [0.2, 0.25) is 15.9 Å². The molecule has 2 aromatic carbocycles. The highest BCUT2D eigenvalue weighted by Crippen LogP contribution is 2.27. The van der Waals surface area contributed by atoms with Gasteiger partial charge in [-0.3, -0.25) is 4.79 Å². The Kier molecular flexibility index (Phi) is 7.38. The van der Waals surface area contributed by atoms with Gasteiger partial charge in [0.1, 0.15) is 0 Å². The first-order chi connectivity index (χ1) is 13.2. The van der Waals surface area contributed by atoms with Crippen molar-refractivity contribution in [1.29, 1.82) is 0 Å². The highest BCUT2D eigenvalue weighted by molar-refractivity contribution is 7.89. The molecule has 8 nitrogen and oxygen atoms in total. The molecular formula is C19H25N3O5S. The van der Waals surface area contributed by atoms with Gasteiger partial charge in [-0.15, -0.1) is 0 Å². The minimum absolute atomic E-state index is 0.000141. The van der Waals surface area contributed by atoms with Crippen molar-refractivity contribution in [3.8, 4) is 11.5 Å². The number of nitrogens with one attached hydrogen (secondary N) is 1. The van der Waals surface area contributed by atoms with Crippen LogP contribution < -0.4 is 19.9 Å². The van der Waals surface area contributed by atoms with Crippen molar-refractivity contribution in [1.82, 2.24) is 4.90 Å². The molecule has 0 saturated carbocycles. The summed E-state index contributed by atoms with van der Waals surface area (Å²) >= 11 is 0. The van der Waals surface area contributed by atoms with Gasteiger partial charge < -0.3 is 19.7 Å². The van der Waals surface area contributed by atoms with Crippen LogP contribution in [0.4, 0.5) is 5.69 Å². The van der Waals surface area contributed by atoms with E-state index in [-0.39, 0.29) is 10.8 Å². The van der Waals surface area contributed by atoms with Crippen molar-refractivity contribution < 1.29 is 22.7 Å². The molecule has 0 saturated heterocycles. The molecule has 0 atom stereocenters. The Hall–Kier alpha value is -2.62. The molecule has 0 fully saturated rings. The van der Waals surface area contributed by atoms with Gasteiger partial charge in [-0.25, -0.2) is 13.6 Å². The molecule has 2 rings (SSSR count). The molecule has 0 heterocycles. The van der Waals surface area contributed by atoms with Crippen LogP contribution in [-0.4, -0.2) is 47.0 Å². The van der Waals surface area contributed by atoms with E-state index in [0.717, 1.165) is 5.56 Å². The SMILES string of the molecule is COc1ccc(CN(C)CCC(=O)Nc2ccc(S(N)(=O)=O)cc2)cc1OC. The Morgan fingerprint density at radius 2 is 1.71 bits per heavy atom. The average Bonchev–Trinajstić information content (AvgIpc) is 2.66. The number of methoxy groups -OCH3 is 2. The van der Waals surface area contributed by atoms with E-state index in [0.29, 0.717) is 36.7 Å². The fourth-order valence-corrected chi connectivity index (χ4v) is 3.13. The van der Waals surface area contributed by atoms with Crippen molar-refractivity contribution in [3.05, 3.63) is 48.0 Å². The topological polar surface area (TPSA) is 111 Å². The van der Waals surface area contributed by atoms with Crippen molar-refractivity contribution in [3.63, 3.8) is 0 Å². The molecule has 28 heavy (non-hydrogen) atoms. The van der Waals surface area contributed by atoms with Gasteiger partial charge in [-0.1, -0.05) is 6.07 Å². The number of nitrogens with two attached hydrogens (primary N) is 1.